The van der Waals surface area contributed by atoms with Crippen molar-refractivity contribution in [2.24, 2.45) is 5.73 Å². The summed E-state index contributed by atoms with van der Waals surface area (Å²) in [6.45, 7) is 4.58. The minimum Gasteiger partial charge on any atom is -0.333 e. The fourth-order valence-corrected chi connectivity index (χ4v) is 2.27. The maximum absolute atomic E-state index is 4.50. The van der Waals surface area contributed by atoms with Gasteiger partial charge in [0, 0.05) is 0 Å². The lowest BCUT2D eigenvalue weighted by molar-refractivity contribution is 0.538. The molecule has 0 aromatic rings. The Balaban J connectivity index is -0.000000809. The van der Waals surface area contributed by atoms with Gasteiger partial charge in [-0.25, -0.2) is 0 Å². The fraction of sp³-hybridized carbons (Fsp3) is 1.00. The van der Waals surface area contributed by atoms with E-state index in [9.17, 15) is 0 Å². The first-order valence-electron chi connectivity index (χ1n) is 8.49. The van der Waals surface area contributed by atoms with Gasteiger partial charge in [-0.3, -0.25) is 0 Å². The molecule has 0 amide bonds. The predicted octanol–water partition coefficient (Wildman–Crippen LogP) is 6.64. The summed E-state index contributed by atoms with van der Waals surface area (Å²) in [5.74, 6) is 0. The number of unbranched alkanes of at least 4 members (excludes halogenated alkanes) is 13. The van der Waals surface area contributed by atoms with Crippen LogP contribution in [0.3, 0.4) is 0 Å². The molecule has 0 heterocycles. The van der Waals surface area contributed by atoms with Crippen molar-refractivity contribution in [3.8, 4) is 0 Å². The van der Waals surface area contributed by atoms with Gasteiger partial charge in [-0.05, 0) is 7.05 Å². The van der Waals surface area contributed by atoms with E-state index in [1.807, 2.05) is 0 Å². The maximum atomic E-state index is 4.50. The number of rotatable bonds is 13. The molecule has 0 saturated carbocycles. The molecule has 0 aromatic carbocycles. The lowest BCUT2D eigenvalue weighted by Gasteiger charge is -2.02. The second-order valence-electron chi connectivity index (χ2n) is 5.24. The summed E-state index contributed by atoms with van der Waals surface area (Å²) < 4.78 is 0. The van der Waals surface area contributed by atoms with Crippen LogP contribution < -0.4 is 5.73 Å². The van der Waals surface area contributed by atoms with Gasteiger partial charge in [-0.1, -0.05) is 104 Å². The van der Waals surface area contributed by atoms with Crippen molar-refractivity contribution in [3.63, 3.8) is 0 Å². The van der Waals surface area contributed by atoms with Gasteiger partial charge in [0.2, 0.25) is 0 Å². The molecule has 0 saturated heterocycles. The quantitative estimate of drug-likeness (QED) is 0.374. The zero-order valence-electron chi connectivity index (χ0n) is 13.9. The van der Waals surface area contributed by atoms with Crippen molar-refractivity contribution >= 4 is 17.0 Å². The Labute approximate surface area is 133 Å². The van der Waals surface area contributed by atoms with Crippen molar-refractivity contribution in [1.29, 1.82) is 0 Å². The molecule has 0 spiro atoms. The van der Waals surface area contributed by atoms with E-state index >= 15 is 0 Å². The van der Waals surface area contributed by atoms with Crippen molar-refractivity contribution in [3.05, 3.63) is 0 Å². The minimum absolute atomic E-state index is 0. The van der Waals surface area contributed by atoms with Gasteiger partial charge in [0.05, 0.1) is 0 Å². The second-order valence-corrected chi connectivity index (χ2v) is 5.24. The fourth-order valence-electron chi connectivity index (χ4n) is 2.27. The van der Waals surface area contributed by atoms with Gasteiger partial charge in [-0.15, -0.1) is 17.0 Å². The molecule has 0 fully saturated rings. The molecule has 0 aliphatic heterocycles. The molecule has 0 aliphatic carbocycles. The Morgan fingerprint density at radius 2 is 0.579 bits per heavy atom. The normalized spacial score (nSPS) is 9.47. The monoisotopic (exact) mass is 337 g/mol. The first kappa shape index (κ1) is 24.5. The minimum atomic E-state index is 0. The Morgan fingerprint density at radius 3 is 0.737 bits per heavy atom. The highest BCUT2D eigenvalue weighted by atomic mass is 79.9. The van der Waals surface area contributed by atoms with Crippen molar-refractivity contribution in [2.75, 3.05) is 7.05 Å². The topological polar surface area (TPSA) is 26.0 Å². The van der Waals surface area contributed by atoms with E-state index in [2.05, 4.69) is 19.6 Å². The predicted molar refractivity (Wildman–Crippen MR) is 96.4 cm³/mol. The second kappa shape index (κ2) is 26.9. The first-order valence-corrected chi connectivity index (χ1v) is 8.49. The summed E-state index contributed by atoms with van der Waals surface area (Å²) in [6.07, 6.45) is 20.4. The molecule has 19 heavy (non-hydrogen) atoms. The van der Waals surface area contributed by atoms with Crippen LogP contribution in [0.4, 0.5) is 0 Å². The largest absolute Gasteiger partial charge is 0.333 e. The van der Waals surface area contributed by atoms with Gasteiger partial charge < -0.3 is 5.73 Å². The third-order valence-corrected chi connectivity index (χ3v) is 3.46. The van der Waals surface area contributed by atoms with Crippen LogP contribution in [-0.4, -0.2) is 7.05 Å². The average molecular weight is 338 g/mol. The summed E-state index contributed by atoms with van der Waals surface area (Å²) in [7, 11) is 1.50. The molecule has 0 rings (SSSR count). The van der Waals surface area contributed by atoms with Crippen LogP contribution in [-0.2, 0) is 0 Å². The zero-order chi connectivity index (χ0) is 13.9. The van der Waals surface area contributed by atoms with E-state index in [1.165, 1.54) is 96.9 Å². The lowest BCUT2D eigenvalue weighted by atomic mass is 10.0. The first-order chi connectivity index (χ1) is 8.91. The number of halogens is 1. The third-order valence-electron chi connectivity index (χ3n) is 3.46. The van der Waals surface area contributed by atoms with Crippen molar-refractivity contribution in [1.82, 2.24) is 0 Å². The molecular formula is C17H40BrN. The molecule has 2 N–H and O–H groups in total. The molecule has 2 heteroatoms. The van der Waals surface area contributed by atoms with Crippen molar-refractivity contribution in [2.45, 2.75) is 104 Å². The molecule has 0 radical (unpaired) electrons. The summed E-state index contributed by atoms with van der Waals surface area (Å²) in [5.41, 5.74) is 4.50. The number of hydrogen-bond donors (Lipinski definition) is 1. The summed E-state index contributed by atoms with van der Waals surface area (Å²) in [6, 6.07) is 0. The van der Waals surface area contributed by atoms with Crippen LogP contribution in [0.5, 0.6) is 0 Å². The molecule has 0 bridgehead atoms. The molecule has 0 unspecified atom stereocenters. The standard InChI is InChI=1S/C16H34.CH5N.BrH/c1-3-5-7-9-11-13-15-16-14-12-10-8-6-4-2;1-2;/h3-16H2,1-2H3;2H2,1H3;1H. The van der Waals surface area contributed by atoms with Crippen LogP contribution in [0.2, 0.25) is 0 Å². The Hall–Kier alpha value is 0.440. The summed E-state index contributed by atoms with van der Waals surface area (Å²) in [5, 5.41) is 0. The highest BCUT2D eigenvalue weighted by Gasteiger charge is 1.92. The SMILES string of the molecule is Br.CCCCCCCCCCCCCCCC.CN. The Kier molecular flexibility index (Phi) is 34.6. The molecule has 0 aromatic heterocycles. The van der Waals surface area contributed by atoms with Crippen LogP contribution in [0.15, 0.2) is 0 Å². The lowest BCUT2D eigenvalue weighted by Crippen LogP contribution is -1.82. The van der Waals surface area contributed by atoms with Gasteiger partial charge in [-0.2, -0.15) is 0 Å². The van der Waals surface area contributed by atoms with E-state index in [-0.39, 0.29) is 17.0 Å². The van der Waals surface area contributed by atoms with E-state index in [0.29, 0.717) is 0 Å². The van der Waals surface area contributed by atoms with Gasteiger partial charge in [0.25, 0.3) is 0 Å². The van der Waals surface area contributed by atoms with Gasteiger partial charge >= 0.3 is 0 Å². The maximum Gasteiger partial charge on any atom is -0.0195 e. The zero-order valence-corrected chi connectivity index (χ0v) is 15.6. The molecule has 0 aliphatic rings. The Bertz CT molecular complexity index is 104. The Morgan fingerprint density at radius 1 is 0.421 bits per heavy atom. The van der Waals surface area contributed by atoms with E-state index < -0.39 is 0 Å². The van der Waals surface area contributed by atoms with E-state index in [1.54, 1.807) is 0 Å². The van der Waals surface area contributed by atoms with Crippen LogP contribution in [0.25, 0.3) is 0 Å². The average Bonchev–Trinajstić information content (AvgIpc) is 2.42. The third kappa shape index (κ3) is 27.6. The molecular weight excluding hydrogens is 298 g/mol. The number of nitrogens with two attached hydrogens (primary N) is 1. The molecule has 120 valence electrons. The van der Waals surface area contributed by atoms with Crippen LogP contribution in [0, 0.1) is 0 Å². The smallest absolute Gasteiger partial charge is 0.0195 e. The molecule has 1 nitrogen and oxygen atoms in total. The summed E-state index contributed by atoms with van der Waals surface area (Å²) in [4.78, 5) is 0. The van der Waals surface area contributed by atoms with E-state index in [4.69, 9.17) is 0 Å². The van der Waals surface area contributed by atoms with Crippen LogP contribution >= 0.6 is 17.0 Å². The highest BCUT2D eigenvalue weighted by molar-refractivity contribution is 8.93. The van der Waals surface area contributed by atoms with Crippen molar-refractivity contribution < 1.29 is 0 Å². The van der Waals surface area contributed by atoms with Gasteiger partial charge in [0.1, 0.15) is 0 Å². The molecule has 0 atom stereocenters. The summed E-state index contributed by atoms with van der Waals surface area (Å²) >= 11 is 0. The van der Waals surface area contributed by atoms with Crippen LogP contribution in [0.1, 0.15) is 104 Å². The van der Waals surface area contributed by atoms with Gasteiger partial charge in [0.15, 0.2) is 0 Å². The highest BCUT2D eigenvalue weighted by Crippen LogP contribution is 2.12. The van der Waals surface area contributed by atoms with E-state index in [0.717, 1.165) is 0 Å². The number of hydrogen-bond acceptors (Lipinski definition) is 1.